The van der Waals surface area contributed by atoms with Gasteiger partial charge in [-0.25, -0.2) is 0 Å². The monoisotopic (exact) mass is 311 g/mol. The molecule has 0 aliphatic carbocycles. The number of esters is 1. The predicted octanol–water partition coefficient (Wildman–Crippen LogP) is 3.41. The van der Waals surface area contributed by atoms with Gasteiger partial charge in [0.25, 0.3) is 0 Å². The number of hydrogen-bond acceptors (Lipinski definition) is 4. The number of para-hydroxylation sites is 2. The smallest absolute Gasteiger partial charge is 0.307 e. The van der Waals surface area contributed by atoms with Gasteiger partial charge in [-0.1, -0.05) is 42.5 Å². The summed E-state index contributed by atoms with van der Waals surface area (Å²) in [6.45, 7) is 3.46. The van der Waals surface area contributed by atoms with Crippen molar-refractivity contribution in [3.63, 3.8) is 0 Å². The molecule has 120 valence electrons. The van der Waals surface area contributed by atoms with Crippen molar-refractivity contribution in [2.75, 3.05) is 18.1 Å². The number of benzene rings is 2. The molecule has 0 unspecified atom stereocenters. The van der Waals surface area contributed by atoms with Gasteiger partial charge in [0.2, 0.25) is 0 Å². The molecule has 0 N–H and O–H groups in total. The lowest BCUT2D eigenvalue weighted by molar-refractivity contribution is -0.143. The van der Waals surface area contributed by atoms with E-state index >= 15 is 0 Å². The molecular formula is C19H21NO3. The van der Waals surface area contributed by atoms with Crippen LogP contribution in [0.1, 0.15) is 18.9 Å². The summed E-state index contributed by atoms with van der Waals surface area (Å²) in [5.74, 6) is 0.682. The molecule has 4 heteroatoms. The molecule has 0 amide bonds. The highest BCUT2D eigenvalue weighted by molar-refractivity contribution is 5.72. The Morgan fingerprint density at radius 2 is 1.91 bits per heavy atom. The fraction of sp³-hybridized carbons (Fsp3) is 0.316. The molecule has 0 bridgehead atoms. The first-order valence-corrected chi connectivity index (χ1v) is 7.96. The third-order valence-electron chi connectivity index (χ3n) is 3.95. The van der Waals surface area contributed by atoms with Crippen molar-refractivity contribution in [2.45, 2.75) is 25.9 Å². The van der Waals surface area contributed by atoms with E-state index in [2.05, 4.69) is 17.0 Å². The molecule has 0 aromatic heterocycles. The topological polar surface area (TPSA) is 38.8 Å². The highest BCUT2D eigenvalue weighted by Gasteiger charge is 2.29. The van der Waals surface area contributed by atoms with Gasteiger partial charge in [0.15, 0.2) is 0 Å². The van der Waals surface area contributed by atoms with Crippen LogP contribution < -0.4 is 9.64 Å². The number of ether oxygens (including phenoxy) is 2. The Labute approximate surface area is 136 Å². The fourth-order valence-corrected chi connectivity index (χ4v) is 2.86. The maximum atomic E-state index is 11.9. The van der Waals surface area contributed by atoms with Gasteiger partial charge in [-0.05, 0) is 24.6 Å². The minimum absolute atomic E-state index is 0.0239. The highest BCUT2D eigenvalue weighted by atomic mass is 16.5. The zero-order valence-corrected chi connectivity index (χ0v) is 13.3. The van der Waals surface area contributed by atoms with Crippen molar-refractivity contribution in [2.24, 2.45) is 0 Å². The summed E-state index contributed by atoms with van der Waals surface area (Å²) in [7, 11) is 0. The predicted molar refractivity (Wildman–Crippen MR) is 89.6 cm³/mol. The first kappa shape index (κ1) is 15.4. The number of rotatable bonds is 5. The molecule has 2 aromatic rings. The quantitative estimate of drug-likeness (QED) is 0.793. The van der Waals surface area contributed by atoms with Gasteiger partial charge in [0.1, 0.15) is 12.4 Å². The Balaban J connectivity index is 1.85. The molecule has 0 radical (unpaired) electrons. The molecule has 1 heterocycles. The Morgan fingerprint density at radius 3 is 2.70 bits per heavy atom. The van der Waals surface area contributed by atoms with E-state index in [1.54, 1.807) is 0 Å². The van der Waals surface area contributed by atoms with Crippen molar-refractivity contribution in [3.05, 3.63) is 60.2 Å². The Bertz CT molecular complexity index is 657. The maximum Gasteiger partial charge on any atom is 0.307 e. The van der Waals surface area contributed by atoms with E-state index in [-0.39, 0.29) is 12.0 Å². The maximum absolute atomic E-state index is 11.9. The summed E-state index contributed by atoms with van der Waals surface area (Å²) in [6, 6.07) is 18.2. The molecular weight excluding hydrogens is 290 g/mol. The van der Waals surface area contributed by atoms with Crippen molar-refractivity contribution >= 4 is 11.7 Å². The summed E-state index contributed by atoms with van der Waals surface area (Å²) >= 11 is 0. The van der Waals surface area contributed by atoms with Crippen LogP contribution in [0.4, 0.5) is 5.69 Å². The van der Waals surface area contributed by atoms with Crippen LogP contribution in [-0.2, 0) is 16.1 Å². The van der Waals surface area contributed by atoms with Gasteiger partial charge in [0, 0.05) is 6.54 Å². The van der Waals surface area contributed by atoms with Gasteiger partial charge in [-0.3, -0.25) is 4.79 Å². The minimum Gasteiger partial charge on any atom is -0.489 e. The fourth-order valence-electron chi connectivity index (χ4n) is 2.86. The van der Waals surface area contributed by atoms with Crippen molar-refractivity contribution < 1.29 is 14.3 Å². The number of anilines is 1. The number of carbonyl (C=O) groups is 1. The minimum atomic E-state index is -0.182. The largest absolute Gasteiger partial charge is 0.489 e. The molecule has 1 atom stereocenters. The van der Waals surface area contributed by atoms with Crippen LogP contribution in [0.3, 0.4) is 0 Å². The van der Waals surface area contributed by atoms with Crippen molar-refractivity contribution in [3.8, 4) is 5.75 Å². The molecule has 0 fully saturated rings. The van der Waals surface area contributed by atoms with Gasteiger partial charge in [-0.15, -0.1) is 0 Å². The number of nitrogens with zero attached hydrogens (tertiary/aromatic N) is 1. The molecule has 1 aliphatic heterocycles. The number of fused-ring (bicyclic) bond motifs is 1. The van der Waals surface area contributed by atoms with Gasteiger partial charge in [0.05, 0.1) is 24.8 Å². The summed E-state index contributed by atoms with van der Waals surface area (Å²) in [5.41, 5.74) is 2.23. The second kappa shape index (κ2) is 7.18. The molecule has 0 spiro atoms. The Morgan fingerprint density at radius 1 is 1.17 bits per heavy atom. The first-order chi connectivity index (χ1) is 11.3. The normalized spacial score (nSPS) is 16.4. The van der Waals surface area contributed by atoms with Gasteiger partial charge in [-0.2, -0.15) is 0 Å². The lowest BCUT2D eigenvalue weighted by atomic mass is 10.1. The summed E-state index contributed by atoms with van der Waals surface area (Å²) in [4.78, 5) is 14.2. The molecule has 4 nitrogen and oxygen atoms in total. The van der Waals surface area contributed by atoms with Crippen LogP contribution in [0.25, 0.3) is 0 Å². The summed E-state index contributed by atoms with van der Waals surface area (Å²) in [6.07, 6.45) is 0.328. The van der Waals surface area contributed by atoms with Crippen LogP contribution in [0.5, 0.6) is 5.75 Å². The van der Waals surface area contributed by atoms with E-state index in [0.29, 0.717) is 19.6 Å². The Kier molecular flexibility index (Phi) is 4.81. The first-order valence-electron chi connectivity index (χ1n) is 7.96. The molecule has 0 saturated heterocycles. The standard InChI is InChI=1S/C19H21NO3/c1-2-22-19(21)12-16-14-23-18-11-7-6-10-17(18)20(16)13-15-8-4-3-5-9-15/h3-11,16H,2,12-14H2,1H3/t16-/m0/s1. The number of hydrogen-bond donors (Lipinski definition) is 0. The van der Waals surface area contributed by atoms with E-state index in [4.69, 9.17) is 9.47 Å². The van der Waals surface area contributed by atoms with Crippen LogP contribution in [0, 0.1) is 0 Å². The second-order valence-corrected chi connectivity index (χ2v) is 5.56. The van der Waals surface area contributed by atoms with E-state index < -0.39 is 0 Å². The van der Waals surface area contributed by atoms with E-state index in [0.717, 1.165) is 18.0 Å². The number of carbonyl (C=O) groups excluding carboxylic acids is 1. The van der Waals surface area contributed by atoms with Crippen molar-refractivity contribution in [1.82, 2.24) is 0 Å². The average Bonchev–Trinajstić information content (AvgIpc) is 2.58. The third-order valence-corrected chi connectivity index (χ3v) is 3.95. The van der Waals surface area contributed by atoms with E-state index in [1.165, 1.54) is 5.56 Å². The van der Waals surface area contributed by atoms with E-state index in [1.807, 2.05) is 49.4 Å². The van der Waals surface area contributed by atoms with Crippen LogP contribution >= 0.6 is 0 Å². The van der Waals surface area contributed by atoms with Crippen molar-refractivity contribution in [1.29, 1.82) is 0 Å². The average molecular weight is 311 g/mol. The summed E-state index contributed by atoms with van der Waals surface area (Å²) in [5, 5.41) is 0. The molecule has 23 heavy (non-hydrogen) atoms. The third kappa shape index (κ3) is 3.65. The summed E-state index contributed by atoms with van der Waals surface area (Å²) < 4.78 is 10.9. The SMILES string of the molecule is CCOC(=O)C[C@H]1COc2ccccc2N1Cc1ccccc1. The zero-order valence-electron chi connectivity index (χ0n) is 13.3. The lowest BCUT2D eigenvalue weighted by Gasteiger charge is -2.38. The van der Waals surface area contributed by atoms with Crippen LogP contribution in [0.15, 0.2) is 54.6 Å². The second-order valence-electron chi connectivity index (χ2n) is 5.56. The molecule has 1 aliphatic rings. The Hall–Kier alpha value is -2.49. The van der Waals surface area contributed by atoms with Gasteiger partial charge < -0.3 is 14.4 Å². The molecule has 3 rings (SSSR count). The lowest BCUT2D eigenvalue weighted by Crippen LogP contribution is -2.44. The molecule has 2 aromatic carbocycles. The van der Waals surface area contributed by atoms with Crippen LogP contribution in [0.2, 0.25) is 0 Å². The van der Waals surface area contributed by atoms with E-state index in [9.17, 15) is 4.79 Å². The van der Waals surface area contributed by atoms with Gasteiger partial charge >= 0.3 is 5.97 Å². The highest BCUT2D eigenvalue weighted by Crippen LogP contribution is 2.35. The molecule has 0 saturated carbocycles. The zero-order chi connectivity index (χ0) is 16.1. The van der Waals surface area contributed by atoms with Crippen LogP contribution in [-0.4, -0.2) is 25.2 Å².